The molecular weight excluding hydrogens is 837 g/mol. The van der Waals surface area contributed by atoms with Gasteiger partial charge in [-0.05, 0) is 64.2 Å². The Hall–Kier alpha value is -2.14. The summed E-state index contributed by atoms with van der Waals surface area (Å²) >= 11 is 0. The van der Waals surface area contributed by atoms with Crippen molar-refractivity contribution < 1.29 is 23.8 Å². The van der Waals surface area contributed by atoms with Crippen LogP contribution in [-0.2, 0) is 23.8 Å². The lowest BCUT2D eigenvalue weighted by atomic mass is 10.0. The molecule has 68 heavy (non-hydrogen) atoms. The second-order valence-electron chi connectivity index (χ2n) is 20.3. The van der Waals surface area contributed by atoms with Crippen molar-refractivity contribution in [2.75, 3.05) is 19.8 Å². The molecule has 0 saturated heterocycles. The van der Waals surface area contributed by atoms with Gasteiger partial charge in [-0.15, -0.1) is 0 Å². The van der Waals surface area contributed by atoms with Crippen LogP contribution in [0, 0.1) is 0 Å². The quantitative estimate of drug-likeness (QED) is 0.0345. The van der Waals surface area contributed by atoms with Gasteiger partial charge in [-0.25, -0.2) is 0 Å². The van der Waals surface area contributed by atoms with Crippen LogP contribution in [0.4, 0.5) is 0 Å². The largest absolute Gasteiger partial charge is 0.462 e. The van der Waals surface area contributed by atoms with E-state index >= 15 is 0 Å². The van der Waals surface area contributed by atoms with Gasteiger partial charge in [-0.1, -0.05) is 288 Å². The minimum absolute atomic E-state index is 0.0742. The molecule has 0 saturated carbocycles. The number of unbranched alkanes of at least 4 members (excludes halogenated alkanes) is 37. The zero-order valence-electron chi connectivity index (χ0n) is 45.9. The highest BCUT2D eigenvalue weighted by Gasteiger charge is 2.17. The van der Waals surface area contributed by atoms with Gasteiger partial charge in [-0.2, -0.15) is 0 Å². The lowest BCUT2D eigenvalue weighted by molar-refractivity contribution is -0.163. The van der Waals surface area contributed by atoms with Crippen LogP contribution in [0.15, 0.2) is 48.6 Å². The summed E-state index contributed by atoms with van der Waals surface area (Å²) in [5.41, 5.74) is 0. The number of rotatable bonds is 56. The summed E-state index contributed by atoms with van der Waals surface area (Å²) in [6.45, 7) is 7.83. The van der Waals surface area contributed by atoms with Gasteiger partial charge in [0, 0.05) is 19.4 Å². The van der Waals surface area contributed by atoms with E-state index in [1.807, 2.05) is 0 Å². The predicted octanol–water partition coefficient (Wildman–Crippen LogP) is 20.7. The van der Waals surface area contributed by atoms with Crippen molar-refractivity contribution in [3.63, 3.8) is 0 Å². The molecule has 0 aromatic rings. The zero-order valence-corrected chi connectivity index (χ0v) is 45.9. The first-order valence-corrected chi connectivity index (χ1v) is 30.2. The van der Waals surface area contributed by atoms with E-state index in [-0.39, 0.29) is 25.2 Å². The van der Waals surface area contributed by atoms with Crippen LogP contribution in [0.1, 0.15) is 316 Å². The van der Waals surface area contributed by atoms with E-state index in [0.717, 1.165) is 64.2 Å². The molecule has 0 spiro atoms. The Kier molecular flexibility index (Phi) is 57.3. The number of esters is 2. The summed E-state index contributed by atoms with van der Waals surface area (Å²) in [7, 11) is 0. The molecule has 0 rings (SSSR count). The van der Waals surface area contributed by atoms with E-state index < -0.39 is 6.10 Å². The fraction of sp³-hybridized carbons (Fsp3) is 0.841. The summed E-state index contributed by atoms with van der Waals surface area (Å²) in [5, 5.41) is 0. The molecule has 0 heterocycles. The zero-order chi connectivity index (χ0) is 49.2. The van der Waals surface area contributed by atoms with Crippen molar-refractivity contribution in [3.05, 3.63) is 48.6 Å². The molecule has 398 valence electrons. The summed E-state index contributed by atoms with van der Waals surface area (Å²) in [4.78, 5) is 25.5. The van der Waals surface area contributed by atoms with Crippen molar-refractivity contribution >= 4 is 11.9 Å². The molecule has 5 nitrogen and oxygen atoms in total. The smallest absolute Gasteiger partial charge is 0.306 e. The van der Waals surface area contributed by atoms with Gasteiger partial charge in [0.15, 0.2) is 6.10 Å². The third kappa shape index (κ3) is 56.4. The van der Waals surface area contributed by atoms with Crippen molar-refractivity contribution in [1.29, 1.82) is 0 Å². The highest BCUT2D eigenvalue weighted by atomic mass is 16.6. The monoisotopic (exact) mass is 953 g/mol. The number of ether oxygens (including phenoxy) is 3. The first-order chi connectivity index (χ1) is 33.6. The maximum absolute atomic E-state index is 12.9. The van der Waals surface area contributed by atoms with Crippen LogP contribution >= 0.6 is 0 Å². The van der Waals surface area contributed by atoms with Crippen LogP contribution in [0.25, 0.3) is 0 Å². The fourth-order valence-corrected chi connectivity index (χ4v) is 8.85. The summed E-state index contributed by atoms with van der Waals surface area (Å²) < 4.78 is 17.5. The van der Waals surface area contributed by atoms with E-state index in [9.17, 15) is 9.59 Å². The van der Waals surface area contributed by atoms with Gasteiger partial charge in [-0.3, -0.25) is 9.59 Å². The Morgan fingerprint density at radius 2 is 0.618 bits per heavy atom. The molecule has 5 heteroatoms. The third-order valence-electron chi connectivity index (χ3n) is 13.4. The van der Waals surface area contributed by atoms with Crippen LogP contribution < -0.4 is 0 Å². The maximum atomic E-state index is 12.9. The van der Waals surface area contributed by atoms with Crippen LogP contribution in [-0.4, -0.2) is 37.9 Å². The van der Waals surface area contributed by atoms with E-state index in [2.05, 4.69) is 69.4 Å². The average molecular weight is 954 g/mol. The van der Waals surface area contributed by atoms with E-state index in [1.165, 1.54) is 218 Å². The predicted molar refractivity (Wildman–Crippen MR) is 298 cm³/mol. The summed E-state index contributed by atoms with van der Waals surface area (Å²) in [6, 6.07) is 0. The Morgan fingerprint density at radius 1 is 0.324 bits per heavy atom. The SMILES string of the molecule is CCCCC/C=C\C/C=C\C/C=C\C/C=C\CCCCCC(=O)OC[C@@H](COCCCCCCCCCCCCCCCCCC)OC(=O)CCCCCCCCCCCCCCCCCCC. The molecule has 0 aromatic heterocycles. The average Bonchev–Trinajstić information content (AvgIpc) is 3.34. The normalized spacial score (nSPS) is 12.5. The highest BCUT2D eigenvalue weighted by Crippen LogP contribution is 2.17. The first-order valence-electron chi connectivity index (χ1n) is 30.2. The number of hydrogen-bond acceptors (Lipinski definition) is 5. The van der Waals surface area contributed by atoms with Crippen LogP contribution in [0.5, 0.6) is 0 Å². The Bertz CT molecular complexity index is 1120. The fourth-order valence-electron chi connectivity index (χ4n) is 8.85. The minimum atomic E-state index is -0.546. The Morgan fingerprint density at radius 3 is 1.01 bits per heavy atom. The van der Waals surface area contributed by atoms with Gasteiger partial charge in [0.25, 0.3) is 0 Å². The molecule has 0 bridgehead atoms. The molecule has 1 atom stereocenters. The molecule has 0 aliphatic heterocycles. The van der Waals surface area contributed by atoms with E-state index in [4.69, 9.17) is 14.2 Å². The van der Waals surface area contributed by atoms with Gasteiger partial charge < -0.3 is 14.2 Å². The molecule has 0 amide bonds. The maximum Gasteiger partial charge on any atom is 0.306 e. The highest BCUT2D eigenvalue weighted by molar-refractivity contribution is 5.70. The molecule has 0 N–H and O–H groups in total. The number of carbonyl (C=O) groups is 2. The van der Waals surface area contributed by atoms with Crippen molar-refractivity contribution in [1.82, 2.24) is 0 Å². The number of hydrogen-bond donors (Lipinski definition) is 0. The first kappa shape index (κ1) is 65.9. The summed E-state index contributed by atoms with van der Waals surface area (Å²) in [6.07, 6.45) is 74.2. The second-order valence-corrected chi connectivity index (χ2v) is 20.3. The molecule has 0 radical (unpaired) electrons. The van der Waals surface area contributed by atoms with Crippen molar-refractivity contribution in [3.8, 4) is 0 Å². The Balaban J connectivity index is 4.29. The number of allylic oxidation sites excluding steroid dienone is 8. The molecule has 0 unspecified atom stereocenters. The molecule has 0 aromatic carbocycles. The Labute approximate surface area is 424 Å². The van der Waals surface area contributed by atoms with Crippen LogP contribution in [0.2, 0.25) is 0 Å². The lowest BCUT2D eigenvalue weighted by Gasteiger charge is -2.18. The van der Waals surface area contributed by atoms with E-state index in [0.29, 0.717) is 19.4 Å². The van der Waals surface area contributed by atoms with Gasteiger partial charge in [0.1, 0.15) is 6.61 Å². The van der Waals surface area contributed by atoms with Crippen LogP contribution in [0.3, 0.4) is 0 Å². The van der Waals surface area contributed by atoms with Gasteiger partial charge >= 0.3 is 11.9 Å². The molecular formula is C63H116O5. The number of carbonyl (C=O) groups excluding carboxylic acids is 2. The minimum Gasteiger partial charge on any atom is -0.462 e. The topological polar surface area (TPSA) is 61.8 Å². The van der Waals surface area contributed by atoms with E-state index in [1.54, 1.807) is 0 Å². The molecule has 0 aliphatic carbocycles. The lowest BCUT2D eigenvalue weighted by Crippen LogP contribution is -2.30. The summed E-state index contributed by atoms with van der Waals surface area (Å²) in [5.74, 6) is -0.412. The van der Waals surface area contributed by atoms with Gasteiger partial charge in [0.05, 0.1) is 6.61 Å². The standard InChI is InChI=1S/C63H116O5/c1-4-7-10-13-16-19-22-25-28-31-32-34-35-38-41-44-47-50-53-56-62(64)67-60-61(59-66-58-55-52-49-46-43-40-37-30-27-24-21-18-15-12-9-6-3)68-63(65)57-54-51-48-45-42-39-36-33-29-26-23-20-17-14-11-8-5-2/h16,19,25,28,32,34,38,41,61H,4-15,17-18,20-24,26-27,29-31,33,35-37,39-40,42-60H2,1-3H3/b19-16-,28-25-,34-32-,41-38-/t61-/m1/s1. The van der Waals surface area contributed by atoms with Crippen molar-refractivity contribution in [2.24, 2.45) is 0 Å². The second kappa shape index (κ2) is 59.2. The van der Waals surface area contributed by atoms with Crippen molar-refractivity contribution in [2.45, 2.75) is 322 Å². The third-order valence-corrected chi connectivity index (χ3v) is 13.4. The van der Waals surface area contributed by atoms with Gasteiger partial charge in [0.2, 0.25) is 0 Å². The molecule has 0 fully saturated rings. The molecule has 0 aliphatic rings.